The van der Waals surface area contributed by atoms with Crippen molar-refractivity contribution >= 4 is 40.6 Å². The summed E-state index contributed by atoms with van der Waals surface area (Å²) >= 11 is 5.76. The largest absolute Gasteiger partial charge is 0.358 e. The summed E-state index contributed by atoms with van der Waals surface area (Å²) in [6.45, 7) is 1.63. The van der Waals surface area contributed by atoms with E-state index in [-0.39, 0.29) is 22.2 Å². The summed E-state index contributed by atoms with van der Waals surface area (Å²) in [6, 6.07) is 17.6. The van der Waals surface area contributed by atoms with E-state index in [2.05, 4.69) is 20.5 Å². The summed E-state index contributed by atoms with van der Waals surface area (Å²) in [5, 5.41) is 5.50. The van der Waals surface area contributed by atoms with Gasteiger partial charge >= 0.3 is 0 Å². The summed E-state index contributed by atoms with van der Waals surface area (Å²) in [5.74, 6) is -0.672. The number of amidine groups is 1. The van der Waals surface area contributed by atoms with Crippen molar-refractivity contribution < 1.29 is 14.0 Å². The maximum atomic E-state index is 14.0. The summed E-state index contributed by atoms with van der Waals surface area (Å²) in [4.78, 5) is 32.0. The highest BCUT2D eigenvalue weighted by Crippen LogP contribution is 2.22. The number of rotatable bonds is 5. The van der Waals surface area contributed by atoms with Crippen LogP contribution in [-0.4, -0.2) is 42.7 Å². The van der Waals surface area contributed by atoms with E-state index in [9.17, 15) is 14.0 Å². The second-order valence-corrected chi connectivity index (χ2v) is 7.72. The lowest BCUT2D eigenvalue weighted by atomic mass is 10.1. The molecule has 32 heavy (non-hydrogen) atoms. The SMILES string of the molecule is CN1CCN=C1c1ccc(C(=O)Nc2ccccc2C(=O)Nc2ccc(Cl)cc2F)cc1. The number of nitrogens with zero attached hydrogens (tertiary/aromatic N) is 2. The van der Waals surface area contributed by atoms with Crippen LogP contribution in [0.2, 0.25) is 5.02 Å². The normalized spacial score (nSPS) is 13.0. The number of nitrogens with one attached hydrogen (secondary N) is 2. The quantitative estimate of drug-likeness (QED) is 0.593. The number of likely N-dealkylation sites (N-methyl/N-ethyl adjacent to an activating group) is 1. The number of hydrogen-bond acceptors (Lipinski definition) is 4. The second kappa shape index (κ2) is 9.20. The van der Waals surface area contributed by atoms with Gasteiger partial charge in [-0.3, -0.25) is 14.6 Å². The first-order valence-electron chi connectivity index (χ1n) is 9.95. The van der Waals surface area contributed by atoms with E-state index < -0.39 is 11.7 Å². The van der Waals surface area contributed by atoms with Crippen LogP contribution in [0.15, 0.2) is 71.7 Å². The van der Waals surface area contributed by atoms with Crippen molar-refractivity contribution in [1.29, 1.82) is 0 Å². The molecule has 2 N–H and O–H groups in total. The third-order valence-electron chi connectivity index (χ3n) is 5.06. The minimum Gasteiger partial charge on any atom is -0.358 e. The Morgan fingerprint density at radius 3 is 2.38 bits per heavy atom. The molecule has 0 aromatic heterocycles. The van der Waals surface area contributed by atoms with Gasteiger partial charge in [0.1, 0.15) is 11.7 Å². The minimum absolute atomic E-state index is 0.00378. The molecule has 8 heteroatoms. The van der Waals surface area contributed by atoms with Crippen molar-refractivity contribution in [2.45, 2.75) is 0 Å². The Morgan fingerprint density at radius 2 is 1.69 bits per heavy atom. The lowest BCUT2D eigenvalue weighted by Gasteiger charge is -2.14. The number of benzene rings is 3. The number of halogens is 2. The predicted molar refractivity (Wildman–Crippen MR) is 124 cm³/mol. The number of para-hydroxylation sites is 1. The van der Waals surface area contributed by atoms with E-state index in [1.807, 2.05) is 19.2 Å². The van der Waals surface area contributed by atoms with Crippen LogP contribution in [0.5, 0.6) is 0 Å². The molecule has 0 unspecified atom stereocenters. The molecule has 2 amide bonds. The number of hydrogen-bond donors (Lipinski definition) is 2. The van der Waals surface area contributed by atoms with Gasteiger partial charge in [-0.2, -0.15) is 0 Å². The van der Waals surface area contributed by atoms with E-state index in [4.69, 9.17) is 11.6 Å². The molecule has 4 rings (SSSR count). The molecule has 1 aliphatic rings. The van der Waals surface area contributed by atoms with Gasteiger partial charge < -0.3 is 15.5 Å². The highest BCUT2D eigenvalue weighted by molar-refractivity contribution is 6.30. The summed E-state index contributed by atoms with van der Waals surface area (Å²) < 4.78 is 14.0. The van der Waals surface area contributed by atoms with Crippen molar-refractivity contribution in [2.75, 3.05) is 30.8 Å². The highest BCUT2D eigenvalue weighted by Gasteiger charge is 2.17. The van der Waals surface area contributed by atoms with Gasteiger partial charge in [-0.25, -0.2) is 4.39 Å². The van der Waals surface area contributed by atoms with Gasteiger partial charge in [0.25, 0.3) is 11.8 Å². The van der Waals surface area contributed by atoms with Crippen LogP contribution >= 0.6 is 11.6 Å². The van der Waals surface area contributed by atoms with Crippen LogP contribution in [-0.2, 0) is 0 Å². The molecule has 0 spiro atoms. The molecule has 6 nitrogen and oxygen atoms in total. The monoisotopic (exact) mass is 450 g/mol. The average Bonchev–Trinajstić information content (AvgIpc) is 3.22. The van der Waals surface area contributed by atoms with E-state index in [1.54, 1.807) is 36.4 Å². The molecule has 0 aliphatic carbocycles. The Morgan fingerprint density at radius 1 is 0.969 bits per heavy atom. The maximum absolute atomic E-state index is 14.0. The number of anilines is 2. The number of carbonyl (C=O) groups is 2. The van der Waals surface area contributed by atoms with Crippen LogP contribution in [0.25, 0.3) is 0 Å². The topological polar surface area (TPSA) is 73.8 Å². The Labute approximate surface area is 189 Å². The molecule has 1 aliphatic heterocycles. The van der Waals surface area contributed by atoms with Crippen LogP contribution < -0.4 is 10.6 Å². The standard InChI is InChI=1S/C24H20ClFN4O2/c1-30-13-12-27-22(30)15-6-8-16(9-7-15)23(31)28-20-5-3-2-4-18(20)24(32)29-21-11-10-17(25)14-19(21)26/h2-11,14H,12-13H2,1H3,(H,28,31)(H,29,32). The summed E-state index contributed by atoms with van der Waals surface area (Å²) in [5.41, 5.74) is 1.89. The molecule has 3 aromatic rings. The molecular weight excluding hydrogens is 431 g/mol. The zero-order chi connectivity index (χ0) is 22.7. The molecule has 1 heterocycles. The van der Waals surface area contributed by atoms with E-state index >= 15 is 0 Å². The van der Waals surface area contributed by atoms with E-state index in [0.29, 0.717) is 11.3 Å². The van der Waals surface area contributed by atoms with Gasteiger partial charge in [-0.1, -0.05) is 35.9 Å². The Kier molecular flexibility index (Phi) is 6.18. The lowest BCUT2D eigenvalue weighted by Crippen LogP contribution is -2.23. The summed E-state index contributed by atoms with van der Waals surface area (Å²) in [6.07, 6.45) is 0. The molecule has 3 aromatic carbocycles. The third-order valence-corrected chi connectivity index (χ3v) is 5.30. The lowest BCUT2D eigenvalue weighted by molar-refractivity contribution is 0.102. The zero-order valence-corrected chi connectivity index (χ0v) is 18.0. The number of aliphatic imine (C=N–C) groups is 1. The molecule has 0 fully saturated rings. The Hall–Kier alpha value is -3.71. The molecule has 162 valence electrons. The molecule has 0 bridgehead atoms. The van der Waals surface area contributed by atoms with Crippen LogP contribution in [0.1, 0.15) is 26.3 Å². The molecule has 0 atom stereocenters. The first kappa shape index (κ1) is 21.5. The minimum atomic E-state index is -0.648. The van der Waals surface area contributed by atoms with Gasteiger partial charge in [0.05, 0.1) is 23.5 Å². The van der Waals surface area contributed by atoms with Gasteiger partial charge in [0.2, 0.25) is 0 Å². The van der Waals surface area contributed by atoms with E-state index in [0.717, 1.165) is 30.6 Å². The van der Waals surface area contributed by atoms with Crippen LogP contribution in [0, 0.1) is 5.82 Å². The highest BCUT2D eigenvalue weighted by atomic mass is 35.5. The third kappa shape index (κ3) is 4.63. The first-order valence-corrected chi connectivity index (χ1v) is 10.3. The first-order chi connectivity index (χ1) is 15.4. The second-order valence-electron chi connectivity index (χ2n) is 7.28. The number of carbonyl (C=O) groups excluding carboxylic acids is 2. The van der Waals surface area contributed by atoms with Gasteiger partial charge in [-0.15, -0.1) is 0 Å². The smallest absolute Gasteiger partial charge is 0.257 e. The van der Waals surface area contributed by atoms with Gasteiger partial charge in [-0.05, 0) is 42.5 Å². The Bertz CT molecular complexity index is 1210. The molecule has 0 saturated carbocycles. The van der Waals surface area contributed by atoms with Crippen molar-refractivity contribution in [1.82, 2.24) is 4.90 Å². The van der Waals surface area contributed by atoms with Crippen LogP contribution in [0.4, 0.5) is 15.8 Å². The molecular formula is C24H20ClFN4O2. The maximum Gasteiger partial charge on any atom is 0.257 e. The van der Waals surface area contributed by atoms with E-state index in [1.165, 1.54) is 12.1 Å². The molecule has 0 radical (unpaired) electrons. The fourth-order valence-electron chi connectivity index (χ4n) is 3.38. The fourth-order valence-corrected chi connectivity index (χ4v) is 3.54. The van der Waals surface area contributed by atoms with Gasteiger partial charge in [0.15, 0.2) is 0 Å². The number of amides is 2. The fraction of sp³-hybridized carbons (Fsp3) is 0.125. The van der Waals surface area contributed by atoms with Crippen molar-refractivity contribution in [3.05, 3.63) is 94.3 Å². The van der Waals surface area contributed by atoms with Crippen molar-refractivity contribution in [3.63, 3.8) is 0 Å². The van der Waals surface area contributed by atoms with Gasteiger partial charge in [0, 0.05) is 29.7 Å². The average molecular weight is 451 g/mol. The predicted octanol–water partition coefficient (Wildman–Crippen LogP) is 4.68. The van der Waals surface area contributed by atoms with Crippen molar-refractivity contribution in [2.24, 2.45) is 4.99 Å². The van der Waals surface area contributed by atoms with Crippen molar-refractivity contribution in [3.8, 4) is 0 Å². The zero-order valence-electron chi connectivity index (χ0n) is 17.2. The molecule has 0 saturated heterocycles. The summed E-state index contributed by atoms with van der Waals surface area (Å²) in [7, 11) is 1.98. The van der Waals surface area contributed by atoms with Crippen LogP contribution in [0.3, 0.4) is 0 Å². The Balaban J connectivity index is 1.50.